The van der Waals surface area contributed by atoms with Gasteiger partial charge in [-0.2, -0.15) is 5.26 Å². The van der Waals surface area contributed by atoms with Crippen LogP contribution in [0.4, 0.5) is 20.3 Å². The van der Waals surface area contributed by atoms with E-state index >= 15 is 8.78 Å². The largest absolute Gasteiger partial charge is 0.504 e. The number of aliphatic hydroxyl groups excluding tert-OH is 1. The van der Waals surface area contributed by atoms with Gasteiger partial charge in [0, 0.05) is 37.4 Å². The lowest BCUT2D eigenvalue weighted by Crippen LogP contribution is -2.54. The van der Waals surface area contributed by atoms with Crippen molar-refractivity contribution in [3.05, 3.63) is 80.1 Å². The molecule has 0 aliphatic carbocycles. The number of phenolic OH excluding ortho intramolecular Hbond substituents is 1. The second-order valence-electron chi connectivity index (χ2n) is 11.3. The Hall–Kier alpha value is -3.95. The van der Waals surface area contributed by atoms with Crippen LogP contribution in [0.2, 0.25) is 15.1 Å². The third-order valence-electron chi connectivity index (χ3n) is 8.14. The van der Waals surface area contributed by atoms with E-state index in [0.717, 1.165) is 0 Å². The number of aromatic nitrogens is 2. The van der Waals surface area contributed by atoms with Crippen molar-refractivity contribution in [1.82, 2.24) is 19.8 Å². The fraction of sp³-hybridized carbons (Fsp3) is 0.312. The maximum absolute atomic E-state index is 15.6. The highest BCUT2D eigenvalue weighted by Gasteiger charge is 2.41. The van der Waals surface area contributed by atoms with Gasteiger partial charge in [0.2, 0.25) is 5.91 Å². The number of pyridine rings is 2. The monoisotopic (exact) mass is 688 g/mol. The molecule has 1 amide bonds. The number of anilines is 2. The number of aryl methyl sites for hydroxylation is 1. The molecular weight excluding hydrogens is 661 g/mol. The Balaban J connectivity index is 1.83. The van der Waals surface area contributed by atoms with Crippen LogP contribution in [0.1, 0.15) is 43.5 Å². The number of hydrogen-bond acceptors (Lipinski definition) is 8. The lowest BCUT2D eigenvalue weighted by Gasteiger charge is -2.45. The van der Waals surface area contributed by atoms with E-state index in [2.05, 4.69) is 22.6 Å². The fourth-order valence-corrected chi connectivity index (χ4v) is 6.54. The molecule has 0 spiro atoms. The van der Waals surface area contributed by atoms with Crippen LogP contribution >= 0.6 is 34.8 Å². The Bertz CT molecular complexity index is 1830. The molecule has 0 radical (unpaired) electrons. The van der Waals surface area contributed by atoms with Crippen LogP contribution in [0.5, 0.6) is 5.75 Å². The van der Waals surface area contributed by atoms with Crippen LogP contribution in [0, 0.1) is 29.9 Å². The van der Waals surface area contributed by atoms with E-state index in [1.165, 1.54) is 17.0 Å². The molecule has 1 fully saturated rings. The normalized spacial score (nSPS) is 18.2. The average molecular weight is 690 g/mol. The third-order valence-corrected chi connectivity index (χ3v) is 9.25. The summed E-state index contributed by atoms with van der Waals surface area (Å²) in [6.45, 7) is 11.9. The average Bonchev–Trinajstić information content (AvgIpc) is 3.02. The minimum absolute atomic E-state index is 0.0144. The molecule has 0 bridgehead atoms. The molecule has 46 heavy (non-hydrogen) atoms. The molecule has 240 valence electrons. The quantitative estimate of drug-likeness (QED) is 0.168. The first-order chi connectivity index (χ1) is 21.7. The van der Waals surface area contributed by atoms with E-state index in [0.29, 0.717) is 29.2 Å². The van der Waals surface area contributed by atoms with Crippen LogP contribution in [-0.2, 0) is 4.79 Å². The van der Waals surface area contributed by atoms with Crippen LogP contribution < -0.4 is 4.90 Å². The van der Waals surface area contributed by atoms with E-state index in [-0.39, 0.29) is 52.9 Å². The predicted octanol–water partition coefficient (Wildman–Crippen LogP) is 6.94. The first-order valence-electron chi connectivity index (χ1n) is 14.3. The summed E-state index contributed by atoms with van der Waals surface area (Å²) in [6.07, 6.45) is 1.23. The highest BCUT2D eigenvalue weighted by molar-refractivity contribution is 6.43. The number of amides is 1. The van der Waals surface area contributed by atoms with Crippen molar-refractivity contribution in [2.45, 2.75) is 45.9 Å². The van der Waals surface area contributed by atoms with Gasteiger partial charge in [-0.1, -0.05) is 55.2 Å². The number of aliphatic hydroxyl groups is 1. The molecule has 1 unspecified atom stereocenters. The summed E-state index contributed by atoms with van der Waals surface area (Å²) in [6, 6.07) is 4.97. The van der Waals surface area contributed by atoms with Crippen molar-refractivity contribution in [2.24, 2.45) is 0 Å². The van der Waals surface area contributed by atoms with Gasteiger partial charge in [-0.3, -0.25) is 14.7 Å². The van der Waals surface area contributed by atoms with Crippen molar-refractivity contribution in [2.75, 3.05) is 24.5 Å². The summed E-state index contributed by atoms with van der Waals surface area (Å²) in [4.78, 5) is 26.5. The number of benzene rings is 1. The van der Waals surface area contributed by atoms with Gasteiger partial charge in [0.05, 0.1) is 38.4 Å². The van der Waals surface area contributed by atoms with Gasteiger partial charge in [0.15, 0.2) is 23.6 Å². The molecule has 4 heterocycles. The zero-order chi connectivity index (χ0) is 33.8. The van der Waals surface area contributed by atoms with Crippen molar-refractivity contribution in [3.63, 3.8) is 0 Å². The predicted molar refractivity (Wildman–Crippen MR) is 173 cm³/mol. The van der Waals surface area contributed by atoms with Gasteiger partial charge in [0.1, 0.15) is 22.5 Å². The maximum atomic E-state index is 15.6. The second kappa shape index (κ2) is 12.7. The van der Waals surface area contributed by atoms with E-state index in [1.54, 1.807) is 24.1 Å². The molecule has 2 aliphatic heterocycles. The van der Waals surface area contributed by atoms with E-state index in [4.69, 9.17) is 34.8 Å². The molecule has 2 aromatic heterocycles. The van der Waals surface area contributed by atoms with Crippen molar-refractivity contribution in [3.8, 4) is 23.1 Å². The van der Waals surface area contributed by atoms with Crippen LogP contribution in [-0.4, -0.2) is 67.8 Å². The summed E-state index contributed by atoms with van der Waals surface area (Å²) < 4.78 is 31.0. The van der Waals surface area contributed by atoms with Crippen LogP contribution in [0.3, 0.4) is 0 Å². The van der Waals surface area contributed by atoms with Gasteiger partial charge in [-0.15, -0.1) is 0 Å². The minimum Gasteiger partial charge on any atom is -0.504 e. The molecule has 2 N–H and O–H groups in total. The standard InChI is InChI=1S/C32H29Cl3F2N6O3/c1-6-20(44)42-10-9-41(13-16(42)5)29-17-11-19(33)27(21-24(36)22(34)23(35)30(45)25(21)37)40-31(17)43(32(46)18(29)12-38)28-15(4)7-8-39-26(28)14(2)3/h6-8,11,14,16,32,45-46H,1,9-10,13H2,2-5H3/t16-,32?/m1/s1. The van der Waals surface area contributed by atoms with Crippen LogP contribution in [0.25, 0.3) is 17.0 Å². The Morgan fingerprint density at radius 2 is 1.91 bits per heavy atom. The number of halogens is 5. The number of phenols is 1. The number of piperazine rings is 1. The summed E-state index contributed by atoms with van der Waals surface area (Å²) >= 11 is 18.5. The topological polar surface area (TPSA) is 117 Å². The summed E-state index contributed by atoms with van der Waals surface area (Å²) in [5.74, 6) is -4.20. The van der Waals surface area contributed by atoms with Gasteiger partial charge in [-0.25, -0.2) is 13.8 Å². The van der Waals surface area contributed by atoms with E-state index in [9.17, 15) is 20.3 Å². The molecule has 1 saturated heterocycles. The van der Waals surface area contributed by atoms with Crippen molar-refractivity contribution < 1.29 is 23.8 Å². The smallest absolute Gasteiger partial charge is 0.246 e. The number of carbonyl (C=O) groups excluding carboxylic acids is 1. The number of fused-ring (bicyclic) bond motifs is 1. The molecule has 3 aromatic rings. The molecule has 2 aliphatic rings. The summed E-state index contributed by atoms with van der Waals surface area (Å²) in [5, 5.41) is 31.1. The fourth-order valence-electron chi connectivity index (χ4n) is 5.95. The van der Waals surface area contributed by atoms with Gasteiger partial charge >= 0.3 is 0 Å². The zero-order valence-corrected chi connectivity index (χ0v) is 27.5. The number of carbonyl (C=O) groups is 1. The molecular formula is C32H29Cl3F2N6O3. The van der Waals surface area contributed by atoms with E-state index in [1.807, 2.05) is 25.7 Å². The second-order valence-corrected chi connectivity index (χ2v) is 12.5. The van der Waals surface area contributed by atoms with Gasteiger partial charge < -0.3 is 20.0 Å². The molecule has 5 rings (SSSR count). The zero-order valence-electron chi connectivity index (χ0n) is 25.2. The molecule has 9 nitrogen and oxygen atoms in total. The molecule has 0 saturated carbocycles. The molecule has 1 aromatic carbocycles. The summed E-state index contributed by atoms with van der Waals surface area (Å²) in [7, 11) is 0. The highest BCUT2D eigenvalue weighted by atomic mass is 35.5. The number of nitrogens with zero attached hydrogens (tertiary/aromatic N) is 6. The number of aromatic hydroxyl groups is 1. The Morgan fingerprint density at radius 1 is 1.22 bits per heavy atom. The van der Waals surface area contributed by atoms with Crippen molar-refractivity contribution >= 4 is 57.9 Å². The number of hydrogen-bond donors (Lipinski definition) is 2. The molecule has 14 heteroatoms. The molecule has 2 atom stereocenters. The maximum Gasteiger partial charge on any atom is 0.246 e. The van der Waals surface area contributed by atoms with Gasteiger partial charge in [0.25, 0.3) is 0 Å². The highest BCUT2D eigenvalue weighted by Crippen LogP contribution is 2.49. The first-order valence-corrected chi connectivity index (χ1v) is 15.4. The summed E-state index contributed by atoms with van der Waals surface area (Å²) in [5.41, 5.74) is 0.977. The SMILES string of the molecule is C=CC(=O)N1CCN(C2=C(C#N)C(O)N(c3c(C)ccnc3C(C)C)c3nc(-c4c(F)c(O)c(Cl)c(Cl)c4F)c(Cl)cc32)C[C@H]1C. The lowest BCUT2D eigenvalue weighted by atomic mass is 9.94. The Morgan fingerprint density at radius 3 is 2.52 bits per heavy atom. The van der Waals surface area contributed by atoms with Gasteiger partial charge in [-0.05, 0) is 43.5 Å². The Kier molecular flexibility index (Phi) is 9.21. The van der Waals surface area contributed by atoms with Crippen molar-refractivity contribution in [1.29, 1.82) is 5.26 Å². The third kappa shape index (κ3) is 5.33. The minimum atomic E-state index is -1.62. The lowest BCUT2D eigenvalue weighted by molar-refractivity contribution is -0.129. The van der Waals surface area contributed by atoms with Crippen LogP contribution in [0.15, 0.2) is 36.6 Å². The first kappa shape index (κ1) is 33.4. The number of rotatable bonds is 5. The Labute approximate surface area is 279 Å². The van der Waals surface area contributed by atoms with E-state index < -0.39 is 44.9 Å². The number of nitriles is 1.